The number of allylic oxidation sites excluding steroid dienone is 1. The van der Waals surface area contributed by atoms with Crippen LogP contribution >= 0.6 is 0 Å². The van der Waals surface area contributed by atoms with E-state index in [4.69, 9.17) is 5.73 Å². The average Bonchev–Trinajstić information content (AvgIpc) is 2.71. The third-order valence-electron chi connectivity index (χ3n) is 3.30. The molecule has 102 valence electrons. The van der Waals surface area contributed by atoms with E-state index in [0.29, 0.717) is 0 Å². The van der Waals surface area contributed by atoms with E-state index in [0.717, 1.165) is 24.5 Å². The highest BCUT2D eigenvalue weighted by Crippen LogP contribution is 2.15. The van der Waals surface area contributed by atoms with E-state index in [-0.39, 0.29) is 0 Å². The lowest BCUT2D eigenvalue weighted by molar-refractivity contribution is 0.588. The van der Waals surface area contributed by atoms with Crippen LogP contribution in [0.5, 0.6) is 0 Å². The summed E-state index contributed by atoms with van der Waals surface area (Å²) >= 11 is 0. The number of aryl methyl sites for hydroxylation is 1. The largest absolute Gasteiger partial charge is 0.384 e. The van der Waals surface area contributed by atoms with Gasteiger partial charge in [-0.1, -0.05) is 51.5 Å². The molecule has 0 aromatic carbocycles. The Bertz CT molecular complexity index is 342. The highest BCUT2D eigenvalue weighted by Gasteiger charge is 2.05. The van der Waals surface area contributed by atoms with Crippen molar-refractivity contribution < 1.29 is 0 Å². The molecule has 0 aliphatic carbocycles. The molecular weight excluding hydrogens is 222 g/mol. The Morgan fingerprint density at radius 2 is 1.89 bits per heavy atom. The Labute approximate surface area is 111 Å². The van der Waals surface area contributed by atoms with Crippen molar-refractivity contribution in [2.24, 2.45) is 0 Å². The van der Waals surface area contributed by atoms with Gasteiger partial charge in [-0.25, -0.2) is 4.98 Å². The fourth-order valence-corrected chi connectivity index (χ4v) is 2.16. The van der Waals surface area contributed by atoms with Gasteiger partial charge in [-0.3, -0.25) is 0 Å². The zero-order chi connectivity index (χ0) is 13.2. The van der Waals surface area contributed by atoms with Crippen LogP contribution in [-0.2, 0) is 13.0 Å². The first-order valence-electron chi connectivity index (χ1n) is 7.20. The molecule has 1 heterocycles. The van der Waals surface area contributed by atoms with Crippen LogP contribution < -0.4 is 5.73 Å². The summed E-state index contributed by atoms with van der Waals surface area (Å²) < 4.78 is 1.95. The molecule has 1 aromatic heterocycles. The lowest BCUT2D eigenvalue weighted by Gasteiger charge is -2.03. The van der Waals surface area contributed by atoms with Crippen molar-refractivity contribution in [2.75, 3.05) is 5.73 Å². The number of aromatic nitrogens is 2. The number of imidazole rings is 1. The topological polar surface area (TPSA) is 43.8 Å². The number of hydrogen-bond donors (Lipinski definition) is 1. The third kappa shape index (κ3) is 4.94. The number of nitrogens with two attached hydrogens (primary N) is 1. The SMILES string of the molecule is C=CCn1cnc(CCCCCCCCC)c1N. The van der Waals surface area contributed by atoms with Gasteiger partial charge in [0.25, 0.3) is 0 Å². The Morgan fingerprint density at radius 3 is 2.56 bits per heavy atom. The lowest BCUT2D eigenvalue weighted by Crippen LogP contribution is -2.01. The molecule has 0 saturated carbocycles. The highest BCUT2D eigenvalue weighted by molar-refractivity contribution is 5.36. The third-order valence-corrected chi connectivity index (χ3v) is 3.30. The summed E-state index contributed by atoms with van der Waals surface area (Å²) in [5.74, 6) is 0.806. The summed E-state index contributed by atoms with van der Waals surface area (Å²) in [7, 11) is 0. The predicted octanol–water partition coefficient (Wildman–Crippen LogP) is 3.94. The monoisotopic (exact) mass is 249 g/mol. The van der Waals surface area contributed by atoms with Crippen molar-refractivity contribution in [3.63, 3.8) is 0 Å². The van der Waals surface area contributed by atoms with Crippen molar-refractivity contribution in [1.29, 1.82) is 0 Å². The second-order valence-electron chi connectivity index (χ2n) is 4.89. The van der Waals surface area contributed by atoms with Crippen LogP contribution in [0.2, 0.25) is 0 Å². The highest BCUT2D eigenvalue weighted by atomic mass is 15.1. The Kier molecular flexibility index (Phi) is 7.23. The minimum atomic E-state index is 0.746. The maximum Gasteiger partial charge on any atom is 0.126 e. The number of anilines is 1. The zero-order valence-corrected chi connectivity index (χ0v) is 11.7. The van der Waals surface area contributed by atoms with Gasteiger partial charge in [-0.2, -0.15) is 0 Å². The van der Waals surface area contributed by atoms with E-state index in [1.807, 2.05) is 17.0 Å². The van der Waals surface area contributed by atoms with Crippen molar-refractivity contribution >= 4 is 5.82 Å². The lowest BCUT2D eigenvalue weighted by atomic mass is 10.1. The second-order valence-corrected chi connectivity index (χ2v) is 4.89. The molecule has 0 bridgehead atoms. The van der Waals surface area contributed by atoms with Crippen molar-refractivity contribution in [3.05, 3.63) is 24.7 Å². The average molecular weight is 249 g/mol. The molecule has 0 unspecified atom stereocenters. The van der Waals surface area contributed by atoms with Gasteiger partial charge in [-0.15, -0.1) is 6.58 Å². The fourth-order valence-electron chi connectivity index (χ4n) is 2.16. The number of nitrogens with zero attached hydrogens (tertiary/aromatic N) is 2. The number of nitrogen functional groups attached to an aromatic ring is 1. The van der Waals surface area contributed by atoms with Crippen LogP contribution in [0.4, 0.5) is 5.82 Å². The first-order valence-corrected chi connectivity index (χ1v) is 7.20. The van der Waals surface area contributed by atoms with Crippen LogP contribution in [0.15, 0.2) is 19.0 Å². The van der Waals surface area contributed by atoms with E-state index in [2.05, 4.69) is 18.5 Å². The minimum absolute atomic E-state index is 0.746. The van der Waals surface area contributed by atoms with Gasteiger partial charge in [-0.05, 0) is 12.8 Å². The summed E-state index contributed by atoms with van der Waals surface area (Å²) in [6, 6.07) is 0. The summed E-state index contributed by atoms with van der Waals surface area (Å²) in [6.07, 6.45) is 13.9. The van der Waals surface area contributed by atoms with Crippen molar-refractivity contribution in [2.45, 2.75) is 64.8 Å². The van der Waals surface area contributed by atoms with Gasteiger partial charge in [0.15, 0.2) is 0 Å². The van der Waals surface area contributed by atoms with Gasteiger partial charge in [0.2, 0.25) is 0 Å². The zero-order valence-electron chi connectivity index (χ0n) is 11.7. The molecule has 1 rings (SSSR count). The minimum Gasteiger partial charge on any atom is -0.384 e. The van der Waals surface area contributed by atoms with Crippen LogP contribution in [0.25, 0.3) is 0 Å². The quantitative estimate of drug-likeness (QED) is 0.504. The predicted molar refractivity (Wildman–Crippen MR) is 78.5 cm³/mol. The van der Waals surface area contributed by atoms with Gasteiger partial charge in [0.05, 0.1) is 12.0 Å². The summed E-state index contributed by atoms with van der Waals surface area (Å²) in [5.41, 5.74) is 7.07. The van der Waals surface area contributed by atoms with Crippen LogP contribution in [-0.4, -0.2) is 9.55 Å². The van der Waals surface area contributed by atoms with Crippen LogP contribution in [0.1, 0.15) is 57.6 Å². The van der Waals surface area contributed by atoms with Crippen molar-refractivity contribution in [1.82, 2.24) is 9.55 Å². The Hall–Kier alpha value is -1.25. The molecular formula is C15H27N3. The molecule has 0 spiro atoms. The van der Waals surface area contributed by atoms with E-state index in [9.17, 15) is 0 Å². The first kappa shape index (κ1) is 14.8. The van der Waals surface area contributed by atoms with Gasteiger partial charge >= 0.3 is 0 Å². The molecule has 2 N–H and O–H groups in total. The molecule has 0 atom stereocenters. The maximum absolute atomic E-state index is 6.02. The molecule has 0 aliphatic heterocycles. The smallest absolute Gasteiger partial charge is 0.126 e. The van der Waals surface area contributed by atoms with Crippen LogP contribution in [0.3, 0.4) is 0 Å². The van der Waals surface area contributed by atoms with Gasteiger partial charge < -0.3 is 10.3 Å². The number of rotatable bonds is 10. The van der Waals surface area contributed by atoms with Crippen LogP contribution in [0, 0.1) is 0 Å². The molecule has 3 nitrogen and oxygen atoms in total. The van der Waals surface area contributed by atoms with E-state index in [1.54, 1.807) is 0 Å². The molecule has 0 aliphatic rings. The standard InChI is InChI=1S/C15H27N3/c1-3-5-6-7-8-9-10-11-14-15(16)18(12-4-2)13-17-14/h4,13H,2-3,5-12,16H2,1H3. The maximum atomic E-state index is 6.02. The Balaban J connectivity index is 2.17. The molecule has 0 amide bonds. The molecule has 0 fully saturated rings. The fraction of sp³-hybridized carbons (Fsp3) is 0.667. The van der Waals surface area contributed by atoms with E-state index < -0.39 is 0 Å². The van der Waals surface area contributed by atoms with E-state index >= 15 is 0 Å². The molecule has 18 heavy (non-hydrogen) atoms. The number of hydrogen-bond acceptors (Lipinski definition) is 2. The molecule has 1 aromatic rings. The van der Waals surface area contributed by atoms with E-state index in [1.165, 1.54) is 44.9 Å². The second kappa shape index (κ2) is 8.78. The molecule has 0 radical (unpaired) electrons. The Morgan fingerprint density at radius 1 is 1.22 bits per heavy atom. The summed E-state index contributed by atoms with van der Waals surface area (Å²) in [5, 5.41) is 0. The van der Waals surface area contributed by atoms with Gasteiger partial charge in [0.1, 0.15) is 5.82 Å². The van der Waals surface area contributed by atoms with Gasteiger partial charge in [0, 0.05) is 6.54 Å². The molecule has 3 heteroatoms. The van der Waals surface area contributed by atoms with Crippen molar-refractivity contribution in [3.8, 4) is 0 Å². The summed E-state index contributed by atoms with van der Waals surface area (Å²) in [6.45, 7) is 6.71. The summed E-state index contributed by atoms with van der Waals surface area (Å²) in [4.78, 5) is 4.37. The normalized spacial score (nSPS) is 10.7. The number of unbranched alkanes of at least 4 members (excludes halogenated alkanes) is 6. The first-order chi connectivity index (χ1) is 8.79. The molecule has 0 saturated heterocycles.